The lowest BCUT2D eigenvalue weighted by Crippen LogP contribution is -2.41. The van der Waals surface area contributed by atoms with E-state index in [4.69, 9.17) is 13.7 Å². The highest BCUT2D eigenvalue weighted by Gasteiger charge is 2.52. The summed E-state index contributed by atoms with van der Waals surface area (Å²) in [4.78, 5) is 0. The zero-order valence-electron chi connectivity index (χ0n) is 19.8. The van der Waals surface area contributed by atoms with E-state index in [1.165, 1.54) is 5.56 Å². The zero-order chi connectivity index (χ0) is 21.7. The Labute approximate surface area is 180 Å². The van der Waals surface area contributed by atoms with Crippen molar-refractivity contribution < 1.29 is 13.7 Å². The van der Waals surface area contributed by atoms with E-state index in [9.17, 15) is 0 Å². The maximum atomic E-state index is 6.88. The van der Waals surface area contributed by atoms with Crippen molar-refractivity contribution in [1.82, 2.24) is 0 Å². The Morgan fingerprint density at radius 1 is 0.897 bits per heavy atom. The predicted octanol–water partition coefficient (Wildman–Crippen LogP) is 7.18. The molecule has 2 rings (SSSR count). The molecule has 1 aromatic rings. The highest BCUT2D eigenvalue weighted by molar-refractivity contribution is 6.73. The van der Waals surface area contributed by atoms with Gasteiger partial charge in [-0.2, -0.15) is 0 Å². The van der Waals surface area contributed by atoms with Gasteiger partial charge in [-0.25, -0.2) is 0 Å². The van der Waals surface area contributed by atoms with E-state index >= 15 is 0 Å². The molecule has 2 atom stereocenters. The SMILES string of the molecule is CC[C@@H](/C=C/[C@@H](O[Si](CC)(CC)CC)c1ccccc1)B1OC(C)(C)C(C)(C)O1. The molecule has 5 heteroatoms. The minimum Gasteiger partial charge on any atom is -0.407 e. The molecule has 1 saturated heterocycles. The summed E-state index contributed by atoms with van der Waals surface area (Å²) < 4.78 is 19.5. The van der Waals surface area contributed by atoms with Gasteiger partial charge in [0.2, 0.25) is 0 Å². The molecule has 3 nitrogen and oxygen atoms in total. The Kier molecular flexibility index (Phi) is 8.37. The van der Waals surface area contributed by atoms with Crippen molar-refractivity contribution in [2.45, 2.75) is 103 Å². The molecule has 29 heavy (non-hydrogen) atoms. The summed E-state index contributed by atoms with van der Waals surface area (Å²) in [5.74, 6) is 0.201. The average molecular weight is 416 g/mol. The van der Waals surface area contributed by atoms with Gasteiger partial charge in [-0.15, -0.1) is 0 Å². The van der Waals surface area contributed by atoms with Gasteiger partial charge in [0, 0.05) is 5.82 Å². The second kappa shape index (κ2) is 9.95. The summed E-state index contributed by atoms with van der Waals surface area (Å²) in [7, 11) is -1.96. The fourth-order valence-electron chi connectivity index (χ4n) is 3.86. The van der Waals surface area contributed by atoms with E-state index in [1.54, 1.807) is 0 Å². The Morgan fingerprint density at radius 2 is 1.41 bits per heavy atom. The molecular weight excluding hydrogens is 375 g/mol. The molecule has 162 valence electrons. The predicted molar refractivity (Wildman–Crippen MR) is 127 cm³/mol. The maximum Gasteiger partial charge on any atom is 0.465 e. The van der Waals surface area contributed by atoms with Crippen LogP contribution in [0.4, 0.5) is 0 Å². The molecule has 0 unspecified atom stereocenters. The quantitative estimate of drug-likeness (QED) is 0.299. The molecule has 1 aliphatic rings. The van der Waals surface area contributed by atoms with Gasteiger partial charge in [-0.3, -0.25) is 0 Å². The molecule has 0 amide bonds. The Hall–Kier alpha value is -0.878. The van der Waals surface area contributed by atoms with Crippen molar-refractivity contribution in [3.05, 3.63) is 48.0 Å². The first-order valence-corrected chi connectivity index (χ1v) is 13.9. The van der Waals surface area contributed by atoms with Crippen molar-refractivity contribution in [3.63, 3.8) is 0 Å². The minimum absolute atomic E-state index is 0.0146. The lowest BCUT2D eigenvalue weighted by Gasteiger charge is -2.32. The van der Waals surface area contributed by atoms with E-state index in [1.807, 2.05) is 0 Å². The van der Waals surface area contributed by atoms with Crippen LogP contribution in [0, 0.1) is 0 Å². The van der Waals surface area contributed by atoms with Crippen molar-refractivity contribution in [2.24, 2.45) is 0 Å². The molecule has 0 spiro atoms. The van der Waals surface area contributed by atoms with Crippen LogP contribution in [0.5, 0.6) is 0 Å². The molecule has 1 aliphatic heterocycles. The van der Waals surface area contributed by atoms with Crippen LogP contribution in [0.2, 0.25) is 23.9 Å². The normalized spacial score (nSPS) is 20.9. The van der Waals surface area contributed by atoms with Gasteiger partial charge in [0.15, 0.2) is 8.32 Å². The van der Waals surface area contributed by atoms with Crippen molar-refractivity contribution >= 4 is 15.4 Å². The van der Waals surface area contributed by atoms with E-state index < -0.39 is 8.32 Å². The molecule has 1 fully saturated rings. The summed E-state index contributed by atoms with van der Waals surface area (Å²) >= 11 is 0. The first-order valence-electron chi connectivity index (χ1n) is 11.4. The topological polar surface area (TPSA) is 27.7 Å². The molecule has 0 saturated carbocycles. The molecular formula is C24H41BO3Si. The highest BCUT2D eigenvalue weighted by Crippen LogP contribution is 2.41. The number of allylic oxidation sites excluding steroid dienone is 1. The third-order valence-corrected chi connectivity index (χ3v) is 11.7. The molecule has 0 bridgehead atoms. The molecule has 0 radical (unpaired) electrons. The van der Waals surface area contributed by atoms with Gasteiger partial charge in [0.25, 0.3) is 0 Å². The van der Waals surface area contributed by atoms with Gasteiger partial charge >= 0.3 is 7.12 Å². The van der Waals surface area contributed by atoms with Crippen LogP contribution in [-0.4, -0.2) is 26.6 Å². The first-order chi connectivity index (χ1) is 13.6. The lowest BCUT2D eigenvalue weighted by molar-refractivity contribution is 0.00578. The number of hydrogen-bond donors (Lipinski definition) is 0. The van der Waals surface area contributed by atoms with Crippen LogP contribution in [-0.2, 0) is 13.7 Å². The van der Waals surface area contributed by atoms with Gasteiger partial charge in [0.05, 0.1) is 17.3 Å². The first kappa shape index (κ1) is 24.4. The fourth-order valence-corrected chi connectivity index (χ4v) is 6.61. The van der Waals surface area contributed by atoms with E-state index in [-0.39, 0.29) is 30.2 Å². The molecule has 0 aliphatic carbocycles. The maximum absolute atomic E-state index is 6.88. The molecule has 0 aromatic heterocycles. The lowest BCUT2D eigenvalue weighted by atomic mass is 9.70. The number of benzene rings is 1. The van der Waals surface area contributed by atoms with Crippen LogP contribution < -0.4 is 0 Å². The monoisotopic (exact) mass is 416 g/mol. The molecule has 1 aromatic carbocycles. The summed E-state index contributed by atoms with van der Waals surface area (Å²) in [5, 5.41) is 0. The van der Waals surface area contributed by atoms with Crippen molar-refractivity contribution in [3.8, 4) is 0 Å². The summed E-state index contributed by atoms with van der Waals surface area (Å²) in [6.07, 6.45) is 5.46. The second-order valence-corrected chi connectivity index (χ2v) is 14.0. The van der Waals surface area contributed by atoms with Gasteiger partial charge in [-0.1, -0.05) is 76.6 Å². The van der Waals surface area contributed by atoms with Crippen LogP contribution in [0.1, 0.15) is 73.5 Å². The standard InChI is InChI=1S/C24H41BO3Si/c1-9-21(25-27-23(5,6)24(7,8)28-25)18-19-22(20-16-14-13-15-17-20)26-29(10-2,11-3)12-4/h13-19,21-22H,9-12H2,1-8H3/b19-18+/t21-,22+/m0/s1. The third-order valence-electron chi connectivity index (χ3n) is 7.06. The number of rotatable bonds is 10. The number of hydrogen-bond acceptors (Lipinski definition) is 3. The van der Waals surface area contributed by atoms with Crippen molar-refractivity contribution in [1.29, 1.82) is 0 Å². The zero-order valence-corrected chi connectivity index (χ0v) is 20.8. The Bertz CT molecular complexity index is 631. The Morgan fingerprint density at radius 3 is 1.86 bits per heavy atom. The van der Waals surface area contributed by atoms with E-state index in [0.717, 1.165) is 24.6 Å². The van der Waals surface area contributed by atoms with Crippen LogP contribution in [0.25, 0.3) is 0 Å². The van der Waals surface area contributed by atoms with Crippen LogP contribution in [0.15, 0.2) is 42.5 Å². The largest absolute Gasteiger partial charge is 0.465 e. The van der Waals surface area contributed by atoms with Crippen molar-refractivity contribution in [2.75, 3.05) is 0 Å². The van der Waals surface area contributed by atoms with Gasteiger partial charge < -0.3 is 13.7 Å². The van der Waals surface area contributed by atoms with Gasteiger partial charge in [0.1, 0.15) is 0 Å². The molecule has 0 N–H and O–H groups in total. The second-order valence-electron chi connectivity index (χ2n) is 9.27. The van der Waals surface area contributed by atoms with Gasteiger partial charge in [-0.05, 0) is 51.4 Å². The summed E-state index contributed by atoms with van der Waals surface area (Å²) in [6, 6.07) is 14.0. The van der Waals surface area contributed by atoms with E-state index in [0.29, 0.717) is 0 Å². The van der Waals surface area contributed by atoms with Crippen LogP contribution in [0.3, 0.4) is 0 Å². The molecule has 1 heterocycles. The highest BCUT2D eigenvalue weighted by atomic mass is 28.4. The minimum atomic E-state index is -1.74. The average Bonchev–Trinajstić information content (AvgIpc) is 2.93. The smallest absolute Gasteiger partial charge is 0.407 e. The fraction of sp³-hybridized carbons (Fsp3) is 0.667. The van der Waals surface area contributed by atoms with Crippen LogP contribution >= 0.6 is 0 Å². The summed E-state index contributed by atoms with van der Waals surface area (Å²) in [5.41, 5.74) is 0.617. The Balaban J connectivity index is 2.26. The third kappa shape index (κ3) is 5.63. The summed E-state index contributed by atoms with van der Waals surface area (Å²) in [6.45, 7) is 17.5. The van der Waals surface area contributed by atoms with E-state index in [2.05, 4.69) is 97.9 Å².